The zero-order chi connectivity index (χ0) is 33.3. The molecule has 0 bridgehead atoms. The molecule has 1 saturated heterocycles. The van der Waals surface area contributed by atoms with Gasteiger partial charge in [-0.3, -0.25) is 19.1 Å². The van der Waals surface area contributed by atoms with Crippen molar-refractivity contribution >= 4 is 38.9 Å². The van der Waals surface area contributed by atoms with Crippen molar-refractivity contribution in [1.82, 2.24) is 33.6 Å². The van der Waals surface area contributed by atoms with Crippen molar-refractivity contribution in [3.63, 3.8) is 0 Å². The van der Waals surface area contributed by atoms with Crippen molar-refractivity contribution in [2.45, 2.75) is 52.6 Å². The second kappa shape index (κ2) is 16.0. The summed E-state index contributed by atoms with van der Waals surface area (Å²) < 4.78 is 37.9. The molecule has 0 radical (unpaired) electrons. The molecule has 1 amide bonds. The quantitative estimate of drug-likeness (QED) is 0.165. The Balaban J connectivity index is 1.47. The van der Waals surface area contributed by atoms with Crippen molar-refractivity contribution in [3.8, 4) is 6.01 Å². The SMILES string of the molecule is CCCCOc1nc(N)c2[nH]c(=O)n(CCCN(Cc3ccc(CC(=O)OC)cc3)C(=O)CN3CCN(S(=O)(=O)CC)CC3)c2n1. The third-order valence-corrected chi connectivity index (χ3v) is 9.82. The largest absolute Gasteiger partial charge is 0.469 e. The van der Waals surface area contributed by atoms with E-state index >= 15 is 0 Å². The molecular weight excluding hydrogens is 616 g/mol. The first kappa shape index (κ1) is 34.8. The number of nitrogens with zero attached hydrogens (tertiary/aromatic N) is 6. The minimum absolute atomic E-state index is 0.0451. The van der Waals surface area contributed by atoms with Gasteiger partial charge < -0.3 is 25.1 Å². The van der Waals surface area contributed by atoms with E-state index in [1.807, 2.05) is 36.1 Å². The van der Waals surface area contributed by atoms with E-state index in [0.29, 0.717) is 63.5 Å². The van der Waals surface area contributed by atoms with Crippen LogP contribution in [0.25, 0.3) is 11.2 Å². The number of carbonyl (C=O) groups is 2. The molecule has 1 fully saturated rings. The third kappa shape index (κ3) is 9.04. The molecule has 4 rings (SSSR count). The van der Waals surface area contributed by atoms with Crippen molar-refractivity contribution in [1.29, 1.82) is 0 Å². The van der Waals surface area contributed by atoms with Crippen LogP contribution in [-0.2, 0) is 43.9 Å². The number of amides is 1. The van der Waals surface area contributed by atoms with Gasteiger partial charge in [0.2, 0.25) is 15.9 Å². The first-order chi connectivity index (χ1) is 22.0. The number of nitrogens with two attached hydrogens (primary N) is 1. The topological polar surface area (TPSA) is 186 Å². The Labute approximate surface area is 268 Å². The number of piperazine rings is 1. The van der Waals surface area contributed by atoms with Gasteiger partial charge in [-0.2, -0.15) is 14.3 Å². The number of aromatic nitrogens is 4. The van der Waals surface area contributed by atoms with Gasteiger partial charge in [0.25, 0.3) is 0 Å². The van der Waals surface area contributed by atoms with E-state index in [0.717, 1.165) is 24.0 Å². The molecule has 2 aromatic heterocycles. The van der Waals surface area contributed by atoms with Gasteiger partial charge in [-0.1, -0.05) is 37.6 Å². The number of ether oxygens (including phenoxy) is 2. The van der Waals surface area contributed by atoms with Crippen LogP contribution in [0.1, 0.15) is 44.2 Å². The van der Waals surface area contributed by atoms with Gasteiger partial charge in [-0.05, 0) is 30.9 Å². The molecule has 3 heterocycles. The normalized spacial score (nSPS) is 14.4. The van der Waals surface area contributed by atoms with Gasteiger partial charge in [-0.25, -0.2) is 13.2 Å². The van der Waals surface area contributed by atoms with Gasteiger partial charge in [0.1, 0.15) is 5.52 Å². The highest BCUT2D eigenvalue weighted by Crippen LogP contribution is 2.19. The molecule has 0 unspecified atom stereocenters. The standard InChI is InChI=1S/C30H44N8O7S/c1-4-6-18-45-29-33-27(31)26-28(34-29)38(30(41)32-26)13-7-12-36(20-23-10-8-22(9-11-23)19-25(40)44-3)24(39)21-35-14-16-37(17-15-35)46(42,43)5-2/h8-11H,4-7,12-21H2,1-3H3,(H,32,41)(H2,31,33,34). The van der Waals surface area contributed by atoms with Crippen LogP contribution in [-0.4, -0.2) is 113 Å². The minimum atomic E-state index is -3.28. The van der Waals surface area contributed by atoms with Crippen molar-refractivity contribution in [2.24, 2.45) is 0 Å². The average Bonchev–Trinajstić information content (AvgIpc) is 3.36. The fourth-order valence-electron chi connectivity index (χ4n) is 5.18. The fraction of sp³-hybridized carbons (Fsp3) is 0.567. The molecule has 1 aromatic carbocycles. The maximum Gasteiger partial charge on any atom is 0.327 e. The molecule has 3 N–H and O–H groups in total. The molecular formula is C30H44N8O7S. The molecule has 0 spiro atoms. The monoisotopic (exact) mass is 660 g/mol. The third-order valence-electron chi connectivity index (χ3n) is 7.94. The Bertz CT molecular complexity index is 1650. The van der Waals surface area contributed by atoms with Gasteiger partial charge >= 0.3 is 17.7 Å². The number of hydrogen-bond donors (Lipinski definition) is 2. The Morgan fingerprint density at radius 1 is 1.04 bits per heavy atom. The Morgan fingerprint density at radius 3 is 2.39 bits per heavy atom. The Morgan fingerprint density at radius 2 is 1.74 bits per heavy atom. The van der Waals surface area contributed by atoms with E-state index in [2.05, 4.69) is 15.0 Å². The molecule has 1 aliphatic rings. The number of imidazole rings is 1. The minimum Gasteiger partial charge on any atom is -0.469 e. The number of nitrogens with one attached hydrogen (secondary N) is 1. The summed E-state index contributed by atoms with van der Waals surface area (Å²) in [5, 5.41) is 0. The number of sulfonamides is 1. The highest BCUT2D eigenvalue weighted by Gasteiger charge is 2.27. The zero-order valence-electron chi connectivity index (χ0n) is 26.7. The number of carbonyl (C=O) groups excluding carboxylic acids is 2. The van der Waals surface area contributed by atoms with Crippen LogP contribution >= 0.6 is 0 Å². The average molecular weight is 661 g/mol. The number of hydrogen-bond acceptors (Lipinski definition) is 11. The van der Waals surface area contributed by atoms with Crippen LogP contribution in [0.15, 0.2) is 29.1 Å². The van der Waals surface area contributed by atoms with Gasteiger partial charge in [0.15, 0.2) is 11.5 Å². The lowest BCUT2D eigenvalue weighted by molar-refractivity contribution is -0.139. The molecule has 0 atom stereocenters. The molecule has 16 heteroatoms. The van der Waals surface area contributed by atoms with Gasteiger partial charge in [0.05, 0.1) is 32.4 Å². The van der Waals surface area contributed by atoms with E-state index in [1.165, 1.54) is 16.0 Å². The fourth-order valence-corrected chi connectivity index (χ4v) is 6.27. The number of aromatic amines is 1. The van der Waals surface area contributed by atoms with Crippen molar-refractivity contribution < 1.29 is 27.5 Å². The molecule has 1 aliphatic heterocycles. The summed E-state index contributed by atoms with van der Waals surface area (Å²) in [6, 6.07) is 7.51. The number of nitrogen functional groups attached to an aromatic ring is 1. The Kier molecular flexibility index (Phi) is 12.1. The summed E-state index contributed by atoms with van der Waals surface area (Å²) in [7, 11) is -1.94. The lowest BCUT2D eigenvalue weighted by atomic mass is 10.1. The number of anilines is 1. The maximum atomic E-state index is 13.7. The predicted molar refractivity (Wildman–Crippen MR) is 173 cm³/mol. The van der Waals surface area contributed by atoms with Crippen LogP contribution in [0.4, 0.5) is 5.82 Å². The smallest absolute Gasteiger partial charge is 0.327 e. The number of fused-ring (bicyclic) bond motifs is 1. The van der Waals surface area contributed by atoms with Crippen molar-refractivity contribution in [3.05, 3.63) is 45.9 Å². The second-order valence-electron chi connectivity index (χ2n) is 11.2. The van der Waals surface area contributed by atoms with Gasteiger partial charge in [-0.15, -0.1) is 0 Å². The highest BCUT2D eigenvalue weighted by molar-refractivity contribution is 7.89. The maximum absolute atomic E-state index is 13.7. The van der Waals surface area contributed by atoms with Crippen LogP contribution in [0, 0.1) is 0 Å². The number of rotatable bonds is 16. The summed E-state index contributed by atoms with van der Waals surface area (Å²) in [6.45, 7) is 6.73. The lowest BCUT2D eigenvalue weighted by Crippen LogP contribution is -2.51. The molecule has 15 nitrogen and oxygen atoms in total. The first-order valence-corrected chi connectivity index (χ1v) is 17.2. The van der Waals surface area contributed by atoms with Crippen LogP contribution < -0.4 is 16.2 Å². The number of benzene rings is 1. The molecule has 0 aliphatic carbocycles. The van der Waals surface area contributed by atoms with Crippen molar-refractivity contribution in [2.75, 3.05) is 64.5 Å². The summed E-state index contributed by atoms with van der Waals surface area (Å²) in [5.41, 5.74) is 8.04. The van der Waals surface area contributed by atoms with E-state index in [-0.39, 0.29) is 54.7 Å². The van der Waals surface area contributed by atoms with E-state index in [9.17, 15) is 22.8 Å². The summed E-state index contributed by atoms with van der Waals surface area (Å²) in [4.78, 5) is 53.2. The van der Waals surface area contributed by atoms with Crippen LogP contribution in [0.3, 0.4) is 0 Å². The summed E-state index contributed by atoms with van der Waals surface area (Å²) in [5.74, 6) is -0.291. The highest BCUT2D eigenvalue weighted by atomic mass is 32.2. The zero-order valence-corrected chi connectivity index (χ0v) is 27.6. The number of aryl methyl sites for hydroxylation is 1. The number of methoxy groups -OCH3 is 1. The second-order valence-corrected chi connectivity index (χ2v) is 13.4. The van der Waals surface area contributed by atoms with Crippen LogP contribution in [0.2, 0.25) is 0 Å². The lowest BCUT2D eigenvalue weighted by Gasteiger charge is -2.34. The molecule has 252 valence electrons. The van der Waals surface area contributed by atoms with E-state index in [1.54, 1.807) is 11.8 Å². The van der Waals surface area contributed by atoms with Gasteiger partial charge in [0, 0.05) is 45.8 Å². The number of H-pyrrole nitrogens is 1. The first-order valence-electron chi connectivity index (χ1n) is 15.6. The summed E-state index contributed by atoms with van der Waals surface area (Å²) in [6.07, 6.45) is 2.36. The molecule has 3 aromatic rings. The molecule has 0 saturated carbocycles. The predicted octanol–water partition coefficient (Wildman–Crippen LogP) is 0.982. The van der Waals surface area contributed by atoms with Crippen LogP contribution in [0.5, 0.6) is 6.01 Å². The number of unbranched alkanes of at least 4 members (excludes halogenated alkanes) is 1. The summed E-state index contributed by atoms with van der Waals surface area (Å²) >= 11 is 0. The van der Waals surface area contributed by atoms with E-state index < -0.39 is 10.0 Å². The van der Waals surface area contributed by atoms with E-state index in [4.69, 9.17) is 15.2 Å². The molecule has 46 heavy (non-hydrogen) atoms. The number of esters is 1. The Hall–Kier alpha value is -4.02.